The maximum Gasteiger partial charge on any atom is 0.149 e. The predicted molar refractivity (Wildman–Crippen MR) is 102 cm³/mol. The van der Waals surface area contributed by atoms with Gasteiger partial charge in [-0.2, -0.15) is 4.91 Å². The maximum absolute atomic E-state index is 10.9. The van der Waals surface area contributed by atoms with Crippen LogP contribution in [-0.2, 0) is 11.2 Å². The molecule has 1 aliphatic heterocycles. The molecule has 28 heavy (non-hydrogen) atoms. The Hall–Kier alpha value is -2.23. The van der Waals surface area contributed by atoms with Crippen molar-refractivity contribution in [3.63, 3.8) is 0 Å². The summed E-state index contributed by atoms with van der Waals surface area (Å²) in [6.45, 7) is -0.520. The van der Waals surface area contributed by atoms with Crippen LogP contribution < -0.4 is 0 Å². The smallest absolute Gasteiger partial charge is 0.149 e. The van der Waals surface area contributed by atoms with Gasteiger partial charge in [-0.3, -0.25) is 0 Å². The maximum atomic E-state index is 10.9. The Morgan fingerprint density at radius 3 is 2.36 bits per heavy atom. The van der Waals surface area contributed by atoms with Gasteiger partial charge in [0.05, 0.1) is 6.61 Å². The Morgan fingerprint density at radius 1 is 1.04 bits per heavy atom. The molecule has 1 saturated heterocycles. The number of nitrogens with zero attached hydrogens (tertiary/aromatic N) is 2. The van der Waals surface area contributed by atoms with E-state index in [1.807, 2.05) is 0 Å². The van der Waals surface area contributed by atoms with Crippen LogP contribution in [0.5, 0.6) is 0 Å². The number of halogens is 1. The molecule has 8 nitrogen and oxygen atoms in total. The second-order valence-corrected chi connectivity index (χ2v) is 7.05. The summed E-state index contributed by atoms with van der Waals surface area (Å²) >= 11 is 6.29. The number of hydrogen-bond donors (Lipinski definition) is 3. The SMILES string of the molecule is O=Nc1ccc(Cc2cc([C@@H]3OC(CO)[C@@H](N=O)[C@H](O)[C@H]3O)ccc2Cl)cc1. The van der Waals surface area contributed by atoms with Gasteiger partial charge in [0.15, 0.2) is 0 Å². The first kappa shape index (κ1) is 20.5. The minimum absolute atomic E-state index is 0.324. The van der Waals surface area contributed by atoms with Crippen molar-refractivity contribution in [3.8, 4) is 0 Å². The van der Waals surface area contributed by atoms with E-state index in [-0.39, 0.29) is 0 Å². The highest BCUT2D eigenvalue weighted by atomic mass is 35.5. The Kier molecular flexibility index (Phi) is 6.48. The Labute approximate surface area is 165 Å². The van der Waals surface area contributed by atoms with E-state index in [4.69, 9.17) is 16.3 Å². The van der Waals surface area contributed by atoms with E-state index in [9.17, 15) is 25.1 Å². The van der Waals surface area contributed by atoms with Crippen LogP contribution in [0.15, 0.2) is 52.8 Å². The topological polar surface area (TPSA) is 129 Å². The first-order valence-electron chi connectivity index (χ1n) is 8.64. The monoisotopic (exact) mass is 406 g/mol. The number of benzene rings is 2. The van der Waals surface area contributed by atoms with Crippen molar-refractivity contribution >= 4 is 17.3 Å². The van der Waals surface area contributed by atoms with Crippen molar-refractivity contribution in [2.75, 3.05) is 6.61 Å². The van der Waals surface area contributed by atoms with E-state index in [2.05, 4.69) is 10.4 Å². The zero-order valence-corrected chi connectivity index (χ0v) is 15.4. The summed E-state index contributed by atoms with van der Waals surface area (Å²) in [4.78, 5) is 21.5. The quantitative estimate of drug-likeness (QED) is 0.632. The molecule has 1 heterocycles. The van der Waals surface area contributed by atoms with E-state index in [0.29, 0.717) is 22.7 Å². The molecule has 2 aromatic rings. The lowest BCUT2D eigenvalue weighted by Crippen LogP contribution is -2.54. The third-order valence-electron chi connectivity index (χ3n) is 4.85. The molecule has 1 unspecified atom stereocenters. The lowest BCUT2D eigenvalue weighted by Gasteiger charge is -2.39. The summed E-state index contributed by atoms with van der Waals surface area (Å²) in [6.07, 6.45) is -4.38. The van der Waals surface area contributed by atoms with Crippen LogP contribution in [0.2, 0.25) is 5.02 Å². The lowest BCUT2D eigenvalue weighted by molar-refractivity contribution is -0.189. The molecule has 3 rings (SSSR count). The number of ether oxygens (including phenoxy) is 1. The van der Waals surface area contributed by atoms with Crippen molar-refractivity contribution < 1.29 is 20.1 Å². The van der Waals surface area contributed by atoms with Crippen LogP contribution >= 0.6 is 11.6 Å². The minimum Gasteiger partial charge on any atom is -0.394 e. The highest BCUT2D eigenvalue weighted by Crippen LogP contribution is 2.35. The molecule has 2 aromatic carbocycles. The van der Waals surface area contributed by atoms with Crippen LogP contribution in [0.25, 0.3) is 0 Å². The summed E-state index contributed by atoms with van der Waals surface area (Å²) in [7, 11) is 0. The third-order valence-corrected chi connectivity index (χ3v) is 5.22. The van der Waals surface area contributed by atoms with Crippen molar-refractivity contribution in [3.05, 3.63) is 74.0 Å². The molecule has 1 aliphatic rings. The van der Waals surface area contributed by atoms with Crippen molar-refractivity contribution in [1.82, 2.24) is 0 Å². The number of nitroso groups, excluding NO2 is 2. The van der Waals surface area contributed by atoms with Gasteiger partial charge in [0.2, 0.25) is 0 Å². The molecule has 1 fully saturated rings. The Balaban J connectivity index is 1.87. The lowest BCUT2D eigenvalue weighted by atomic mass is 9.89. The van der Waals surface area contributed by atoms with Gasteiger partial charge in [-0.25, -0.2) is 0 Å². The predicted octanol–water partition coefficient (Wildman–Crippen LogP) is 2.62. The second-order valence-electron chi connectivity index (χ2n) is 6.64. The fourth-order valence-electron chi connectivity index (χ4n) is 3.31. The van der Waals surface area contributed by atoms with Crippen LogP contribution in [0.4, 0.5) is 5.69 Å². The van der Waals surface area contributed by atoms with Crippen molar-refractivity contribution in [2.24, 2.45) is 10.4 Å². The van der Waals surface area contributed by atoms with E-state index < -0.39 is 37.1 Å². The minimum atomic E-state index is -1.46. The van der Waals surface area contributed by atoms with Crippen molar-refractivity contribution in [1.29, 1.82) is 0 Å². The van der Waals surface area contributed by atoms with Gasteiger partial charge < -0.3 is 20.1 Å². The van der Waals surface area contributed by atoms with E-state index in [0.717, 1.165) is 11.1 Å². The summed E-state index contributed by atoms with van der Waals surface area (Å²) in [5.41, 5.74) is 2.51. The molecule has 0 aromatic heterocycles. The molecule has 9 heteroatoms. The van der Waals surface area contributed by atoms with Gasteiger partial charge in [0, 0.05) is 5.02 Å². The van der Waals surface area contributed by atoms with Gasteiger partial charge in [-0.1, -0.05) is 41.0 Å². The molecule has 0 bridgehead atoms. The van der Waals surface area contributed by atoms with E-state index in [1.165, 1.54) is 0 Å². The summed E-state index contributed by atoms with van der Waals surface area (Å²) in [5.74, 6) is 0. The molecule has 148 valence electrons. The highest BCUT2D eigenvalue weighted by Gasteiger charge is 2.45. The molecule has 0 aliphatic carbocycles. The van der Waals surface area contributed by atoms with Gasteiger partial charge in [-0.05, 0) is 46.5 Å². The van der Waals surface area contributed by atoms with Gasteiger partial charge >= 0.3 is 0 Å². The van der Waals surface area contributed by atoms with E-state index in [1.54, 1.807) is 42.5 Å². The zero-order valence-electron chi connectivity index (χ0n) is 14.7. The average molecular weight is 407 g/mol. The molecule has 5 atom stereocenters. The summed E-state index contributed by atoms with van der Waals surface area (Å²) in [5, 5.41) is 36.1. The molecule has 0 spiro atoms. The molecular weight excluding hydrogens is 388 g/mol. The Bertz CT molecular complexity index is 845. The summed E-state index contributed by atoms with van der Waals surface area (Å²) in [6, 6.07) is 10.5. The summed E-state index contributed by atoms with van der Waals surface area (Å²) < 4.78 is 5.64. The number of rotatable bonds is 6. The largest absolute Gasteiger partial charge is 0.394 e. The normalized spacial score (nSPS) is 27.4. The Morgan fingerprint density at radius 2 is 1.75 bits per heavy atom. The zero-order chi connectivity index (χ0) is 20.3. The molecule has 0 saturated carbocycles. The van der Waals surface area contributed by atoms with Gasteiger partial charge in [0.1, 0.15) is 36.1 Å². The van der Waals surface area contributed by atoms with Gasteiger partial charge in [-0.15, -0.1) is 4.91 Å². The van der Waals surface area contributed by atoms with Crippen LogP contribution in [0, 0.1) is 9.81 Å². The van der Waals surface area contributed by atoms with E-state index >= 15 is 0 Å². The third kappa shape index (κ3) is 4.11. The number of aliphatic hydroxyl groups is 3. The average Bonchev–Trinajstić information content (AvgIpc) is 2.72. The molecule has 0 amide bonds. The van der Waals surface area contributed by atoms with Crippen LogP contribution in [-0.4, -0.2) is 46.3 Å². The standard InChI is InChI=1S/C19H19ClN2O6/c20-14-6-3-11(8-12(14)7-10-1-4-13(21-26)5-2-10)19-18(25)17(24)16(22-27)15(9-23)28-19/h1-6,8,15-19,23-25H,7,9H2/t15?,16-,17+,18-,19+/m1/s1. The van der Waals surface area contributed by atoms with Crippen molar-refractivity contribution in [2.45, 2.75) is 36.9 Å². The molecule has 3 N–H and O–H groups in total. The van der Waals surface area contributed by atoms with Gasteiger partial charge in [0.25, 0.3) is 0 Å². The van der Waals surface area contributed by atoms with Crippen LogP contribution in [0.1, 0.15) is 22.8 Å². The fraction of sp³-hybridized carbons (Fsp3) is 0.368. The first-order chi connectivity index (χ1) is 13.5. The fourth-order valence-corrected chi connectivity index (χ4v) is 3.49. The number of hydrogen-bond acceptors (Lipinski definition) is 8. The van der Waals surface area contributed by atoms with Crippen LogP contribution in [0.3, 0.4) is 0 Å². The second kappa shape index (κ2) is 8.85. The molecule has 0 radical (unpaired) electrons. The highest BCUT2D eigenvalue weighted by molar-refractivity contribution is 6.31. The molecular formula is C19H19ClN2O6. The number of aliphatic hydroxyl groups excluding tert-OH is 3. The first-order valence-corrected chi connectivity index (χ1v) is 9.01.